The third-order valence-corrected chi connectivity index (χ3v) is 3.23. The molecule has 1 aromatic rings. The molecule has 1 rings (SSSR count). The Bertz CT molecular complexity index is 408. The third-order valence-electron chi connectivity index (χ3n) is 3.23. The molecule has 0 radical (unpaired) electrons. The molecular formula is C17H30N2O2. The van der Waals surface area contributed by atoms with E-state index in [1.165, 1.54) is 0 Å². The first kappa shape index (κ1) is 17.9. The number of rotatable bonds is 9. The summed E-state index contributed by atoms with van der Waals surface area (Å²) < 4.78 is 11.7. The highest BCUT2D eigenvalue weighted by Crippen LogP contribution is 2.27. The Morgan fingerprint density at radius 2 is 1.86 bits per heavy atom. The van der Waals surface area contributed by atoms with Crippen molar-refractivity contribution in [3.63, 3.8) is 0 Å². The van der Waals surface area contributed by atoms with E-state index in [-0.39, 0.29) is 18.2 Å². The lowest BCUT2D eigenvalue weighted by molar-refractivity contribution is 0.00304. The first-order chi connectivity index (χ1) is 9.99. The average Bonchev–Trinajstić information content (AvgIpc) is 2.42. The predicted octanol–water partition coefficient (Wildman–Crippen LogP) is 3.58. The van der Waals surface area contributed by atoms with Gasteiger partial charge in [-0.1, -0.05) is 20.8 Å². The molecule has 4 heteroatoms. The molecule has 0 saturated heterocycles. The monoisotopic (exact) mass is 294 g/mol. The molecule has 0 bridgehead atoms. The molecule has 1 N–H and O–H groups in total. The van der Waals surface area contributed by atoms with E-state index in [9.17, 15) is 0 Å². The number of ether oxygens (including phenoxy) is 2. The van der Waals surface area contributed by atoms with Crippen LogP contribution in [0.3, 0.4) is 0 Å². The van der Waals surface area contributed by atoms with Gasteiger partial charge in [0.2, 0.25) is 0 Å². The van der Waals surface area contributed by atoms with Crippen molar-refractivity contribution in [2.24, 2.45) is 5.92 Å². The number of pyridine rings is 1. The van der Waals surface area contributed by atoms with Crippen LogP contribution in [-0.4, -0.2) is 30.3 Å². The highest BCUT2D eigenvalue weighted by Gasteiger charge is 2.26. The average molecular weight is 294 g/mol. The van der Waals surface area contributed by atoms with Gasteiger partial charge in [0.05, 0.1) is 24.4 Å². The van der Waals surface area contributed by atoms with E-state index in [2.05, 4.69) is 37.1 Å². The van der Waals surface area contributed by atoms with Gasteiger partial charge in [-0.25, -0.2) is 0 Å². The number of nitrogens with zero attached hydrogens (tertiary/aromatic N) is 1. The fourth-order valence-corrected chi connectivity index (χ4v) is 2.45. The number of likely N-dealkylation sites (N-methyl/N-ethyl adjacent to an activating group) is 1. The van der Waals surface area contributed by atoms with Gasteiger partial charge in [-0.3, -0.25) is 4.98 Å². The topological polar surface area (TPSA) is 43.4 Å². The van der Waals surface area contributed by atoms with Crippen LogP contribution in [0.1, 0.15) is 53.1 Å². The summed E-state index contributed by atoms with van der Waals surface area (Å²) in [4.78, 5) is 4.32. The Kier molecular flexibility index (Phi) is 7.68. The van der Waals surface area contributed by atoms with Crippen LogP contribution >= 0.6 is 0 Å². The minimum atomic E-state index is 0.117. The molecule has 1 heterocycles. The molecule has 0 aromatic carbocycles. The summed E-state index contributed by atoms with van der Waals surface area (Å²) in [7, 11) is 0. The Balaban J connectivity index is 3.03. The molecule has 0 spiro atoms. The van der Waals surface area contributed by atoms with Crippen LogP contribution in [0.2, 0.25) is 0 Å². The maximum atomic E-state index is 5.96. The van der Waals surface area contributed by atoms with Crippen LogP contribution in [0, 0.1) is 5.92 Å². The van der Waals surface area contributed by atoms with Gasteiger partial charge < -0.3 is 14.8 Å². The standard InChI is InChI=1S/C17H30N2O2/c1-7-19-16(17(12(3)4)20-8-2)14-9-15(11-18-10-14)21-13(5)6/h9-13,16-17,19H,7-8H2,1-6H3. The summed E-state index contributed by atoms with van der Waals surface area (Å²) >= 11 is 0. The van der Waals surface area contributed by atoms with Crippen LogP contribution in [0.15, 0.2) is 18.5 Å². The maximum absolute atomic E-state index is 5.96. The van der Waals surface area contributed by atoms with Crippen molar-refractivity contribution in [3.8, 4) is 5.75 Å². The van der Waals surface area contributed by atoms with E-state index in [1.807, 2.05) is 27.0 Å². The minimum absolute atomic E-state index is 0.117. The van der Waals surface area contributed by atoms with E-state index in [1.54, 1.807) is 6.20 Å². The second-order valence-electron chi connectivity index (χ2n) is 5.82. The van der Waals surface area contributed by atoms with Crippen LogP contribution in [0.5, 0.6) is 5.75 Å². The molecule has 0 aliphatic heterocycles. The minimum Gasteiger partial charge on any atom is -0.489 e. The Labute approximate surface area is 129 Å². The van der Waals surface area contributed by atoms with E-state index in [0.29, 0.717) is 12.5 Å². The van der Waals surface area contributed by atoms with E-state index >= 15 is 0 Å². The van der Waals surface area contributed by atoms with Gasteiger partial charge in [-0.15, -0.1) is 0 Å². The van der Waals surface area contributed by atoms with Crippen molar-refractivity contribution in [3.05, 3.63) is 24.0 Å². The van der Waals surface area contributed by atoms with E-state index in [0.717, 1.165) is 17.9 Å². The van der Waals surface area contributed by atoms with Gasteiger partial charge >= 0.3 is 0 Å². The Morgan fingerprint density at radius 1 is 1.14 bits per heavy atom. The molecule has 2 unspecified atom stereocenters. The van der Waals surface area contributed by atoms with Crippen LogP contribution in [0.25, 0.3) is 0 Å². The lowest BCUT2D eigenvalue weighted by Crippen LogP contribution is -2.37. The molecule has 0 aliphatic carbocycles. The van der Waals surface area contributed by atoms with Crippen molar-refractivity contribution < 1.29 is 9.47 Å². The van der Waals surface area contributed by atoms with Gasteiger partial charge in [0.15, 0.2) is 0 Å². The molecule has 2 atom stereocenters. The van der Waals surface area contributed by atoms with Gasteiger partial charge in [0, 0.05) is 12.8 Å². The zero-order valence-electron chi connectivity index (χ0n) is 14.2. The van der Waals surface area contributed by atoms with Crippen LogP contribution in [0.4, 0.5) is 0 Å². The van der Waals surface area contributed by atoms with Crippen LogP contribution < -0.4 is 10.1 Å². The fraction of sp³-hybridized carbons (Fsp3) is 0.706. The lowest BCUT2D eigenvalue weighted by atomic mass is 9.94. The fourth-order valence-electron chi connectivity index (χ4n) is 2.45. The molecular weight excluding hydrogens is 264 g/mol. The lowest BCUT2D eigenvalue weighted by Gasteiger charge is -2.31. The number of nitrogens with one attached hydrogen (secondary N) is 1. The zero-order valence-corrected chi connectivity index (χ0v) is 14.2. The summed E-state index contributed by atoms with van der Waals surface area (Å²) in [6, 6.07) is 2.19. The molecule has 120 valence electrons. The van der Waals surface area contributed by atoms with Gasteiger partial charge in [0.25, 0.3) is 0 Å². The van der Waals surface area contributed by atoms with E-state index < -0.39 is 0 Å². The van der Waals surface area contributed by atoms with Crippen molar-refractivity contribution in [2.75, 3.05) is 13.2 Å². The van der Waals surface area contributed by atoms with Gasteiger partial charge in [0.1, 0.15) is 5.75 Å². The summed E-state index contributed by atoms with van der Waals surface area (Å²) in [5.41, 5.74) is 1.11. The number of hydrogen-bond donors (Lipinski definition) is 1. The molecule has 1 aromatic heterocycles. The smallest absolute Gasteiger partial charge is 0.138 e. The van der Waals surface area contributed by atoms with Crippen molar-refractivity contribution >= 4 is 0 Å². The summed E-state index contributed by atoms with van der Waals surface area (Å²) in [6.45, 7) is 14.2. The largest absolute Gasteiger partial charge is 0.489 e. The zero-order chi connectivity index (χ0) is 15.8. The quantitative estimate of drug-likeness (QED) is 0.756. The maximum Gasteiger partial charge on any atom is 0.138 e. The summed E-state index contributed by atoms with van der Waals surface area (Å²) in [6.07, 6.45) is 3.92. The predicted molar refractivity (Wildman–Crippen MR) is 86.7 cm³/mol. The third kappa shape index (κ3) is 5.64. The second-order valence-corrected chi connectivity index (χ2v) is 5.82. The first-order valence-electron chi connectivity index (χ1n) is 7.96. The molecule has 0 fully saturated rings. The number of aromatic nitrogens is 1. The normalized spacial score (nSPS) is 14.5. The van der Waals surface area contributed by atoms with Gasteiger partial charge in [-0.2, -0.15) is 0 Å². The van der Waals surface area contributed by atoms with Crippen molar-refractivity contribution in [1.29, 1.82) is 0 Å². The summed E-state index contributed by atoms with van der Waals surface area (Å²) in [5, 5.41) is 3.53. The molecule has 21 heavy (non-hydrogen) atoms. The van der Waals surface area contributed by atoms with E-state index in [4.69, 9.17) is 9.47 Å². The Hall–Kier alpha value is -1.13. The molecule has 0 amide bonds. The Morgan fingerprint density at radius 3 is 2.38 bits per heavy atom. The van der Waals surface area contributed by atoms with Crippen LogP contribution in [-0.2, 0) is 4.74 Å². The molecule has 0 saturated carbocycles. The van der Waals surface area contributed by atoms with Gasteiger partial charge in [-0.05, 0) is 44.9 Å². The number of hydrogen-bond acceptors (Lipinski definition) is 4. The highest BCUT2D eigenvalue weighted by atomic mass is 16.5. The highest BCUT2D eigenvalue weighted by molar-refractivity contribution is 5.27. The van der Waals surface area contributed by atoms with Crippen molar-refractivity contribution in [2.45, 2.75) is 59.8 Å². The van der Waals surface area contributed by atoms with Crippen molar-refractivity contribution in [1.82, 2.24) is 10.3 Å². The first-order valence-corrected chi connectivity index (χ1v) is 7.96. The molecule has 0 aliphatic rings. The summed E-state index contributed by atoms with van der Waals surface area (Å²) in [5.74, 6) is 1.23. The SMILES string of the molecule is CCNC(c1cncc(OC(C)C)c1)C(OCC)C(C)C. The molecule has 4 nitrogen and oxygen atoms in total. The second kappa shape index (κ2) is 9.00.